The van der Waals surface area contributed by atoms with E-state index in [1.165, 1.54) is 16.7 Å². The molecule has 0 saturated carbocycles. The second-order valence-electron chi connectivity index (χ2n) is 18.0. The fraction of sp³-hybridized carbons (Fsp3) is 0.183. The van der Waals surface area contributed by atoms with Crippen molar-refractivity contribution in [3.05, 3.63) is 216 Å². The number of aromatic nitrogens is 2. The average Bonchev–Trinajstić information content (AvgIpc) is 3.84. The number of hydrogen-bond donors (Lipinski definition) is 0. The van der Waals surface area contributed by atoms with Crippen molar-refractivity contribution in [1.82, 2.24) is 14.9 Å². The van der Waals surface area contributed by atoms with Crippen LogP contribution in [0, 0.1) is 59.8 Å². The van der Waals surface area contributed by atoms with Gasteiger partial charge in [-0.3, -0.25) is 31.3 Å². The standard InChI is InChI=1S/C31H35F2N3.C29H15F4N.Ir/c1-8-35-11-12-36(18-35)30-16-23(15-29(34-30)25-10-9-24(32)17-28(25)33)31-26(20(4)5)13-22(19(2)3)14-27(31)21(6)7;30-22-10-12-24(26(32)16-22)28-14-21(15-29(34-28)25-13-11-23(31)17-27(25)33)20-8-6-19(7-9-20)18-4-2-1-3-5-18;/h9,11-21H,8H2,1-7H3;1-11,14-17H;/q2*-2;. The number of anilines is 1. The number of halogens is 6. The van der Waals surface area contributed by atoms with E-state index in [0.717, 1.165) is 70.8 Å². The minimum Gasteiger partial charge on any atom is -0.508 e. The quantitative estimate of drug-likeness (QED) is 0.0954. The maximum absolute atomic E-state index is 14.9. The largest absolute Gasteiger partial charge is 0.508 e. The summed E-state index contributed by atoms with van der Waals surface area (Å²) in [6.45, 7) is 18.1. The van der Waals surface area contributed by atoms with Gasteiger partial charge in [0.05, 0.1) is 5.82 Å². The third-order valence-corrected chi connectivity index (χ3v) is 12.0. The van der Waals surface area contributed by atoms with Crippen LogP contribution in [0.1, 0.15) is 82.9 Å². The Labute approximate surface area is 426 Å². The van der Waals surface area contributed by atoms with Crippen molar-refractivity contribution in [2.24, 2.45) is 0 Å². The fourth-order valence-electron chi connectivity index (χ4n) is 8.29. The molecule has 0 saturated heterocycles. The van der Waals surface area contributed by atoms with E-state index in [-0.39, 0.29) is 48.2 Å². The van der Waals surface area contributed by atoms with Crippen molar-refractivity contribution in [1.29, 1.82) is 0 Å². The average molecular weight is 1130 g/mol. The van der Waals surface area contributed by atoms with Crippen LogP contribution >= 0.6 is 0 Å². The van der Waals surface area contributed by atoms with E-state index in [1.54, 1.807) is 12.1 Å². The first-order chi connectivity index (χ1) is 33.6. The molecule has 0 spiro atoms. The van der Waals surface area contributed by atoms with Crippen molar-refractivity contribution in [2.45, 2.75) is 66.2 Å². The maximum atomic E-state index is 14.9. The molecule has 6 aromatic carbocycles. The zero-order chi connectivity index (χ0) is 49.8. The van der Waals surface area contributed by atoms with Crippen molar-refractivity contribution < 1.29 is 46.4 Å². The van der Waals surface area contributed by atoms with Crippen LogP contribution in [0.4, 0.5) is 32.2 Å². The molecular formula is C60H50F6IrN4-4. The van der Waals surface area contributed by atoms with E-state index < -0.39 is 34.9 Å². The minimum atomic E-state index is -0.849. The molecule has 365 valence electrons. The summed E-state index contributed by atoms with van der Waals surface area (Å²) in [5.74, 6) is -2.91. The van der Waals surface area contributed by atoms with Crippen LogP contribution in [0.3, 0.4) is 0 Å². The number of pyridine rings is 2. The first-order valence-electron chi connectivity index (χ1n) is 23.1. The van der Waals surface area contributed by atoms with E-state index in [2.05, 4.69) is 94.7 Å². The minimum absolute atomic E-state index is 0. The van der Waals surface area contributed by atoms with Crippen molar-refractivity contribution >= 4 is 5.82 Å². The molecule has 0 atom stereocenters. The fourth-order valence-corrected chi connectivity index (χ4v) is 8.29. The van der Waals surface area contributed by atoms with Crippen LogP contribution in [0.25, 0.3) is 67.2 Å². The summed E-state index contributed by atoms with van der Waals surface area (Å²) < 4.78 is 84.5. The van der Waals surface area contributed by atoms with Crippen LogP contribution in [0.5, 0.6) is 0 Å². The van der Waals surface area contributed by atoms with Crippen molar-refractivity contribution in [2.75, 3.05) is 11.4 Å². The molecule has 0 N–H and O–H groups in total. The van der Waals surface area contributed by atoms with Crippen molar-refractivity contribution in [3.63, 3.8) is 0 Å². The Morgan fingerprint density at radius 3 is 1.35 bits per heavy atom. The Bertz CT molecular complexity index is 3090. The molecular weight excluding hydrogens is 1080 g/mol. The Kier molecular flexibility index (Phi) is 16.5. The number of hydrogen-bond acceptors (Lipinski definition) is 4. The van der Waals surface area contributed by atoms with Gasteiger partial charge in [-0.1, -0.05) is 168 Å². The summed E-state index contributed by atoms with van der Waals surface area (Å²) in [4.78, 5) is 13.1. The maximum Gasteiger partial charge on any atom is 0.0949 e. The smallest absolute Gasteiger partial charge is 0.0949 e. The summed E-state index contributed by atoms with van der Waals surface area (Å²) in [7, 11) is 0. The van der Waals surface area contributed by atoms with Crippen LogP contribution in [-0.4, -0.2) is 21.4 Å². The van der Waals surface area contributed by atoms with Crippen LogP contribution < -0.4 is 4.90 Å². The van der Waals surface area contributed by atoms with Gasteiger partial charge in [-0.15, -0.1) is 43.1 Å². The summed E-state index contributed by atoms with van der Waals surface area (Å²) >= 11 is 0. The molecule has 8 aromatic rings. The molecule has 0 fully saturated rings. The van der Waals surface area contributed by atoms with Crippen LogP contribution in [-0.2, 0) is 20.1 Å². The molecule has 0 amide bonds. The zero-order valence-electron chi connectivity index (χ0n) is 40.2. The molecule has 2 aromatic heterocycles. The second kappa shape index (κ2) is 22.5. The van der Waals surface area contributed by atoms with Gasteiger partial charge in [0.15, 0.2) is 0 Å². The summed E-state index contributed by atoms with van der Waals surface area (Å²) in [6, 6.07) is 42.7. The molecule has 71 heavy (non-hydrogen) atoms. The Morgan fingerprint density at radius 1 is 0.493 bits per heavy atom. The topological polar surface area (TPSA) is 32.3 Å². The molecule has 0 unspecified atom stereocenters. The molecule has 0 aliphatic carbocycles. The van der Waals surface area contributed by atoms with Gasteiger partial charge in [0.2, 0.25) is 0 Å². The molecule has 9 rings (SSSR count). The predicted molar refractivity (Wildman–Crippen MR) is 268 cm³/mol. The van der Waals surface area contributed by atoms with Gasteiger partial charge in [0, 0.05) is 55.0 Å². The zero-order valence-corrected chi connectivity index (χ0v) is 42.6. The molecule has 0 bridgehead atoms. The van der Waals surface area contributed by atoms with E-state index in [4.69, 9.17) is 4.98 Å². The molecule has 4 nitrogen and oxygen atoms in total. The van der Waals surface area contributed by atoms with Crippen LogP contribution in [0.15, 0.2) is 140 Å². The molecule has 11 heteroatoms. The summed E-state index contributed by atoms with van der Waals surface area (Å²) in [5.41, 5.74) is 10.1. The van der Waals surface area contributed by atoms with Gasteiger partial charge in [0.25, 0.3) is 0 Å². The van der Waals surface area contributed by atoms with Crippen molar-refractivity contribution in [3.8, 4) is 67.2 Å². The second-order valence-corrected chi connectivity index (χ2v) is 18.0. The Balaban J connectivity index is 0.000000206. The predicted octanol–water partition coefficient (Wildman–Crippen LogP) is 16.5. The number of benzene rings is 6. The van der Waals surface area contributed by atoms with E-state index in [1.807, 2.05) is 84.6 Å². The summed E-state index contributed by atoms with van der Waals surface area (Å²) in [5, 5.41) is 0. The van der Waals surface area contributed by atoms with Gasteiger partial charge in [0.1, 0.15) is 0 Å². The number of nitrogens with zero attached hydrogens (tertiary/aromatic N) is 4. The molecule has 3 heterocycles. The normalized spacial score (nSPS) is 12.2. The van der Waals surface area contributed by atoms with Gasteiger partial charge >= 0.3 is 0 Å². The molecule has 1 radical (unpaired) electrons. The SMILES string of the molecule is CCN1C=CN(c2cc(-c3c(C(C)C)cc(C(C)C)cc3C(C)C)cc(-c3[c-]cc(F)cc3F)n2)[CH-]1.Fc1c[c-]c(-c2cc(-c3ccc(-c4ccccc4)cc3)cc(-c3[c-]cc(F)cc3F)n2)c(F)c1.[Ir]. The third-order valence-electron chi connectivity index (χ3n) is 12.0. The van der Waals surface area contributed by atoms with Gasteiger partial charge in [-0.2, -0.15) is 0 Å². The van der Waals surface area contributed by atoms with E-state index in [9.17, 15) is 26.3 Å². The monoisotopic (exact) mass is 1130 g/mol. The first kappa shape index (κ1) is 52.0. The van der Waals surface area contributed by atoms with E-state index in [0.29, 0.717) is 34.8 Å². The Hall–Kier alpha value is -6.81. The molecule has 1 aliphatic rings. The third kappa shape index (κ3) is 11.9. The van der Waals surface area contributed by atoms with Gasteiger partial charge in [-0.25, -0.2) is 0 Å². The number of rotatable bonds is 11. The first-order valence-corrected chi connectivity index (χ1v) is 23.1. The summed E-state index contributed by atoms with van der Waals surface area (Å²) in [6.07, 6.45) is 3.92. The van der Waals surface area contributed by atoms with Gasteiger partial charge in [-0.05, 0) is 110 Å². The Morgan fingerprint density at radius 2 is 0.930 bits per heavy atom. The van der Waals surface area contributed by atoms with Gasteiger partial charge < -0.3 is 14.8 Å². The molecule has 1 aliphatic heterocycles. The van der Waals surface area contributed by atoms with Crippen LogP contribution in [0.2, 0.25) is 0 Å². The van der Waals surface area contributed by atoms with E-state index >= 15 is 0 Å².